The van der Waals surface area contributed by atoms with E-state index in [0.717, 1.165) is 41.2 Å². The van der Waals surface area contributed by atoms with Gasteiger partial charge in [-0.2, -0.15) is 0 Å². The second kappa shape index (κ2) is 6.39. The van der Waals surface area contributed by atoms with Crippen molar-refractivity contribution in [2.45, 2.75) is 43.8 Å². The molecule has 1 aliphatic carbocycles. The van der Waals surface area contributed by atoms with Gasteiger partial charge >= 0.3 is 0 Å². The lowest BCUT2D eigenvalue weighted by molar-refractivity contribution is -0.173. The molecule has 2 unspecified atom stereocenters. The molecule has 0 saturated heterocycles. The molecule has 1 aliphatic heterocycles. The van der Waals surface area contributed by atoms with Gasteiger partial charge in [0, 0.05) is 36.5 Å². The van der Waals surface area contributed by atoms with Gasteiger partial charge in [0.1, 0.15) is 17.2 Å². The summed E-state index contributed by atoms with van der Waals surface area (Å²) < 4.78 is 11.6. The fourth-order valence-corrected chi connectivity index (χ4v) is 4.56. The fraction of sp³-hybridized carbons (Fsp3) is 0.318. The van der Waals surface area contributed by atoms with E-state index in [9.17, 15) is 5.11 Å². The van der Waals surface area contributed by atoms with Crippen molar-refractivity contribution >= 4 is 11.6 Å². The van der Waals surface area contributed by atoms with Gasteiger partial charge in [-0.25, -0.2) is 0 Å². The minimum atomic E-state index is -1.03. The third-order valence-corrected chi connectivity index (χ3v) is 5.95. The molecule has 0 spiro atoms. The van der Waals surface area contributed by atoms with E-state index >= 15 is 0 Å². The quantitative estimate of drug-likeness (QED) is 0.666. The molecule has 2 atom stereocenters. The van der Waals surface area contributed by atoms with E-state index in [0.29, 0.717) is 30.2 Å². The zero-order valence-corrected chi connectivity index (χ0v) is 15.6. The van der Waals surface area contributed by atoms with Crippen LogP contribution in [-0.4, -0.2) is 16.1 Å². The highest BCUT2D eigenvalue weighted by Gasteiger charge is 2.43. The summed E-state index contributed by atoms with van der Waals surface area (Å²) in [7, 11) is 0. The van der Waals surface area contributed by atoms with Crippen molar-refractivity contribution in [1.82, 2.24) is 5.16 Å². The number of fused-ring (bicyclic) bond motifs is 4. The molecule has 1 aromatic heterocycles. The van der Waals surface area contributed by atoms with E-state index in [2.05, 4.69) is 17.3 Å². The van der Waals surface area contributed by atoms with E-state index in [1.807, 2.05) is 36.4 Å². The Kier molecular flexibility index (Phi) is 3.99. The summed E-state index contributed by atoms with van der Waals surface area (Å²) in [6.45, 7) is 0. The molecule has 1 saturated carbocycles. The van der Waals surface area contributed by atoms with Crippen LogP contribution in [0.2, 0.25) is 5.02 Å². The average Bonchev–Trinajstić information content (AvgIpc) is 3.11. The van der Waals surface area contributed by atoms with Crippen LogP contribution < -0.4 is 4.74 Å². The lowest BCUT2D eigenvalue weighted by Gasteiger charge is -2.43. The zero-order valence-electron chi connectivity index (χ0n) is 14.8. The first-order valence-corrected chi connectivity index (χ1v) is 9.73. The van der Waals surface area contributed by atoms with Crippen LogP contribution in [0.4, 0.5) is 0 Å². The van der Waals surface area contributed by atoms with Gasteiger partial charge < -0.3 is 14.4 Å². The third-order valence-electron chi connectivity index (χ3n) is 5.62. The zero-order chi connectivity index (χ0) is 18.4. The van der Waals surface area contributed by atoms with Gasteiger partial charge in [0.25, 0.3) is 0 Å². The van der Waals surface area contributed by atoms with Crippen molar-refractivity contribution in [2.75, 3.05) is 0 Å². The largest absolute Gasteiger partial charge is 0.462 e. The number of aromatic nitrogens is 1. The molecule has 27 heavy (non-hydrogen) atoms. The van der Waals surface area contributed by atoms with Gasteiger partial charge in [-0.15, -0.1) is 0 Å². The molecule has 0 amide bonds. The van der Waals surface area contributed by atoms with Gasteiger partial charge in [-0.05, 0) is 30.4 Å². The SMILES string of the molecule is OC12CCCC(C1)c1cccc(Cc3cc(-c4ccccc4Cl)no3)c1O2. The highest BCUT2D eigenvalue weighted by molar-refractivity contribution is 6.33. The molecule has 2 aromatic carbocycles. The summed E-state index contributed by atoms with van der Waals surface area (Å²) in [6, 6.07) is 15.7. The van der Waals surface area contributed by atoms with Crippen LogP contribution in [0, 0.1) is 0 Å². The van der Waals surface area contributed by atoms with E-state index in [1.165, 1.54) is 5.56 Å². The summed E-state index contributed by atoms with van der Waals surface area (Å²) in [5.74, 6) is 0.882. The number of hydrogen-bond donors (Lipinski definition) is 1. The van der Waals surface area contributed by atoms with E-state index in [-0.39, 0.29) is 0 Å². The Balaban J connectivity index is 1.47. The molecular weight excluding hydrogens is 362 g/mol. The highest BCUT2D eigenvalue weighted by Crippen LogP contribution is 2.49. The van der Waals surface area contributed by atoms with Crippen LogP contribution >= 0.6 is 11.6 Å². The third kappa shape index (κ3) is 3.03. The van der Waals surface area contributed by atoms with Crippen LogP contribution in [0.5, 0.6) is 5.75 Å². The van der Waals surface area contributed by atoms with Gasteiger partial charge in [0.15, 0.2) is 0 Å². The van der Waals surface area contributed by atoms with Crippen molar-refractivity contribution in [3.63, 3.8) is 0 Å². The molecular formula is C22H20ClNO3. The normalized spacial score (nSPS) is 23.6. The monoisotopic (exact) mass is 381 g/mol. The Labute approximate surface area is 162 Å². The predicted molar refractivity (Wildman–Crippen MR) is 103 cm³/mol. The van der Waals surface area contributed by atoms with E-state index in [4.69, 9.17) is 20.9 Å². The summed E-state index contributed by atoms with van der Waals surface area (Å²) in [6.07, 6.45) is 4.03. The number of ether oxygens (including phenoxy) is 1. The number of hydrogen-bond acceptors (Lipinski definition) is 4. The Bertz CT molecular complexity index is 999. The molecule has 5 heteroatoms. The molecule has 4 nitrogen and oxygen atoms in total. The molecule has 5 rings (SSSR count). The lowest BCUT2D eigenvalue weighted by atomic mass is 9.77. The van der Waals surface area contributed by atoms with Gasteiger partial charge in [-0.1, -0.05) is 53.2 Å². The molecule has 3 aromatic rings. The Hall–Kier alpha value is -2.30. The average molecular weight is 382 g/mol. The maximum Gasteiger partial charge on any atom is 0.208 e. The lowest BCUT2D eigenvalue weighted by Crippen LogP contribution is -2.43. The standard InChI is InChI=1S/C22H20ClNO3/c23-19-9-2-1-7-18(19)20-12-16(27-24-20)11-14-5-3-8-17-15-6-4-10-22(25,13-15)26-21(14)17/h1-3,5,7-9,12,15,25H,4,6,10-11,13H2. The van der Waals surface area contributed by atoms with E-state index in [1.54, 1.807) is 0 Å². The Morgan fingerprint density at radius 2 is 2.07 bits per heavy atom. The number of para-hydroxylation sites is 1. The summed E-state index contributed by atoms with van der Waals surface area (Å²) in [5.41, 5.74) is 3.78. The molecule has 2 bridgehead atoms. The van der Waals surface area contributed by atoms with Crippen molar-refractivity contribution < 1.29 is 14.4 Å². The summed E-state index contributed by atoms with van der Waals surface area (Å²) in [5, 5.41) is 15.6. The highest BCUT2D eigenvalue weighted by atomic mass is 35.5. The Morgan fingerprint density at radius 1 is 1.19 bits per heavy atom. The van der Waals surface area contributed by atoms with E-state index < -0.39 is 5.79 Å². The van der Waals surface area contributed by atoms with Crippen molar-refractivity contribution in [3.05, 3.63) is 70.4 Å². The number of halogens is 1. The van der Waals surface area contributed by atoms with Crippen LogP contribution in [-0.2, 0) is 6.42 Å². The molecule has 2 heterocycles. The minimum absolute atomic E-state index is 0.362. The molecule has 1 fully saturated rings. The molecule has 138 valence electrons. The first-order chi connectivity index (χ1) is 13.1. The number of aliphatic hydroxyl groups is 1. The van der Waals surface area contributed by atoms with Crippen LogP contribution in [0.1, 0.15) is 48.5 Å². The van der Waals surface area contributed by atoms with Crippen molar-refractivity contribution in [2.24, 2.45) is 0 Å². The number of benzene rings is 2. The molecule has 1 N–H and O–H groups in total. The fourth-order valence-electron chi connectivity index (χ4n) is 4.33. The minimum Gasteiger partial charge on any atom is -0.462 e. The maximum absolute atomic E-state index is 10.7. The smallest absolute Gasteiger partial charge is 0.208 e. The topological polar surface area (TPSA) is 55.5 Å². The number of rotatable bonds is 3. The first-order valence-electron chi connectivity index (χ1n) is 9.35. The van der Waals surface area contributed by atoms with Crippen LogP contribution in [0.15, 0.2) is 53.1 Å². The van der Waals surface area contributed by atoms with Crippen molar-refractivity contribution in [1.29, 1.82) is 0 Å². The summed E-state index contributed by atoms with van der Waals surface area (Å²) in [4.78, 5) is 0. The second-order valence-corrected chi connectivity index (χ2v) is 7.92. The number of nitrogens with zero attached hydrogens (tertiary/aromatic N) is 1. The van der Waals surface area contributed by atoms with Gasteiger partial charge in [0.2, 0.25) is 5.79 Å². The van der Waals surface area contributed by atoms with Crippen molar-refractivity contribution in [3.8, 4) is 17.0 Å². The van der Waals surface area contributed by atoms with Crippen LogP contribution in [0.3, 0.4) is 0 Å². The molecule has 0 radical (unpaired) electrons. The van der Waals surface area contributed by atoms with Crippen LogP contribution in [0.25, 0.3) is 11.3 Å². The van der Waals surface area contributed by atoms with Gasteiger partial charge in [-0.3, -0.25) is 0 Å². The second-order valence-electron chi connectivity index (χ2n) is 7.51. The molecule has 2 aliphatic rings. The summed E-state index contributed by atoms with van der Waals surface area (Å²) >= 11 is 6.26. The predicted octanol–water partition coefficient (Wildman–Crippen LogP) is 5.32. The first kappa shape index (κ1) is 16.8. The van der Waals surface area contributed by atoms with Gasteiger partial charge in [0.05, 0.1) is 5.02 Å². The Morgan fingerprint density at radius 3 is 2.96 bits per heavy atom. The maximum atomic E-state index is 10.7.